The summed E-state index contributed by atoms with van der Waals surface area (Å²) < 4.78 is 17.2. The predicted molar refractivity (Wildman–Crippen MR) is 229 cm³/mol. The van der Waals surface area contributed by atoms with E-state index in [1.54, 1.807) is 0 Å². The number of carboxylic acids is 1. The van der Waals surface area contributed by atoms with Gasteiger partial charge in [0.15, 0.2) is 12.1 Å². The Morgan fingerprint density at radius 2 is 0.982 bits per heavy atom. The molecule has 0 aliphatic rings. The van der Waals surface area contributed by atoms with Gasteiger partial charge in [0.1, 0.15) is 6.61 Å². The Kier molecular flexibility index (Phi) is 35.9. The van der Waals surface area contributed by atoms with Crippen molar-refractivity contribution in [3.63, 3.8) is 0 Å². The van der Waals surface area contributed by atoms with Gasteiger partial charge in [-0.15, -0.1) is 0 Å². The van der Waals surface area contributed by atoms with E-state index in [0.717, 1.165) is 57.8 Å². The number of carboxylic acid groups (broad SMARTS) is 1. The molecular formula is C47H82NO7+. The van der Waals surface area contributed by atoms with Crippen LogP contribution in [0.4, 0.5) is 0 Å². The second kappa shape index (κ2) is 37.9. The van der Waals surface area contributed by atoms with Crippen LogP contribution in [0.5, 0.6) is 0 Å². The van der Waals surface area contributed by atoms with Crippen LogP contribution in [0, 0.1) is 0 Å². The molecule has 0 bridgehead atoms. The maximum absolute atomic E-state index is 12.7. The molecule has 0 aromatic carbocycles. The van der Waals surface area contributed by atoms with E-state index in [4.69, 9.17) is 14.2 Å². The van der Waals surface area contributed by atoms with Crippen LogP contribution in [-0.4, -0.2) is 80.6 Å². The number of allylic oxidation sites excluding steroid dienone is 10. The van der Waals surface area contributed by atoms with Gasteiger partial charge in [0.05, 0.1) is 34.4 Å². The van der Waals surface area contributed by atoms with Crippen molar-refractivity contribution in [3.05, 3.63) is 60.8 Å². The summed E-state index contributed by atoms with van der Waals surface area (Å²) in [4.78, 5) is 36.9. The lowest BCUT2D eigenvalue weighted by Crippen LogP contribution is -2.50. The third-order valence-electron chi connectivity index (χ3n) is 9.39. The zero-order valence-corrected chi connectivity index (χ0v) is 35.9. The molecule has 55 heavy (non-hydrogen) atoms. The molecule has 8 nitrogen and oxygen atoms in total. The van der Waals surface area contributed by atoms with Crippen LogP contribution in [0.25, 0.3) is 0 Å². The largest absolute Gasteiger partial charge is 0.477 e. The number of likely N-dealkylation sites (N-methyl/N-ethyl adjacent to an activating group) is 1. The fourth-order valence-corrected chi connectivity index (χ4v) is 5.96. The molecule has 0 saturated heterocycles. The van der Waals surface area contributed by atoms with Crippen molar-refractivity contribution in [1.29, 1.82) is 0 Å². The van der Waals surface area contributed by atoms with Gasteiger partial charge in [-0.1, -0.05) is 132 Å². The van der Waals surface area contributed by atoms with E-state index in [9.17, 15) is 19.5 Å². The first-order valence-corrected chi connectivity index (χ1v) is 21.8. The number of esters is 2. The third-order valence-corrected chi connectivity index (χ3v) is 9.39. The van der Waals surface area contributed by atoms with E-state index in [1.807, 2.05) is 21.1 Å². The molecule has 0 fully saturated rings. The topological polar surface area (TPSA) is 99.1 Å². The lowest BCUT2D eigenvalue weighted by Gasteiger charge is -2.31. The Morgan fingerprint density at radius 3 is 1.53 bits per heavy atom. The molecule has 0 aromatic heterocycles. The first kappa shape index (κ1) is 52.0. The molecule has 0 saturated carbocycles. The second-order valence-electron chi connectivity index (χ2n) is 15.6. The van der Waals surface area contributed by atoms with Crippen molar-refractivity contribution in [2.24, 2.45) is 0 Å². The van der Waals surface area contributed by atoms with Crippen LogP contribution in [-0.2, 0) is 28.6 Å². The number of quaternary nitrogens is 1. The molecule has 0 aliphatic heterocycles. The molecule has 0 amide bonds. The molecule has 0 heterocycles. The Labute approximate surface area is 337 Å². The molecular weight excluding hydrogens is 691 g/mol. The number of unbranched alkanes of at least 4 members (excludes halogenated alkanes) is 14. The molecule has 2 unspecified atom stereocenters. The molecule has 2 atom stereocenters. The van der Waals surface area contributed by atoms with Gasteiger partial charge < -0.3 is 23.8 Å². The summed E-state index contributed by atoms with van der Waals surface area (Å²) in [5, 5.41) is 9.61. The first-order valence-electron chi connectivity index (χ1n) is 21.8. The lowest BCUT2D eigenvalue weighted by molar-refractivity contribution is -0.887. The van der Waals surface area contributed by atoms with E-state index < -0.39 is 18.1 Å². The first-order chi connectivity index (χ1) is 26.6. The maximum atomic E-state index is 12.7. The molecule has 0 aromatic rings. The maximum Gasteiger partial charge on any atom is 0.362 e. The fraction of sp³-hybridized carbons (Fsp3) is 0.723. The standard InChI is InChI=1S/C47H81NO7/c1-6-8-10-12-14-16-18-20-22-23-24-26-27-29-31-33-35-37-45(49)54-42-43(41-53-40-39-44(47(51)52)48(3,4)5)55-46(50)38-36-34-32-30-28-25-21-19-17-15-13-11-9-7-2/h14,16,20,22,24-26,28-29,31,43-44H,6-13,15,17-19,21,23,27,30,32-42H2,1-5H3/p+1/b16-14+,22-20+,26-24+,28-25+,31-29+. The number of carbonyl (C=O) groups excluding carboxylic acids is 2. The van der Waals surface area contributed by atoms with Crippen molar-refractivity contribution < 1.29 is 38.2 Å². The quantitative estimate of drug-likeness (QED) is 0.0289. The van der Waals surface area contributed by atoms with Crippen LogP contribution < -0.4 is 0 Å². The van der Waals surface area contributed by atoms with Crippen LogP contribution in [0.3, 0.4) is 0 Å². The average Bonchev–Trinajstić information content (AvgIpc) is 3.14. The monoisotopic (exact) mass is 773 g/mol. The predicted octanol–water partition coefficient (Wildman–Crippen LogP) is 11.8. The Morgan fingerprint density at radius 1 is 0.545 bits per heavy atom. The van der Waals surface area contributed by atoms with Crippen LogP contribution >= 0.6 is 0 Å². The van der Waals surface area contributed by atoms with Gasteiger partial charge in [-0.05, 0) is 77.0 Å². The summed E-state index contributed by atoms with van der Waals surface area (Å²) in [6.45, 7) is 4.62. The Balaban J connectivity index is 4.48. The number of carbonyl (C=O) groups is 3. The highest BCUT2D eigenvalue weighted by atomic mass is 16.6. The van der Waals surface area contributed by atoms with Crippen molar-refractivity contribution in [2.45, 2.75) is 180 Å². The number of aliphatic carboxylic acids is 1. The zero-order valence-electron chi connectivity index (χ0n) is 35.9. The van der Waals surface area contributed by atoms with Crippen molar-refractivity contribution in [2.75, 3.05) is 41.0 Å². The summed E-state index contributed by atoms with van der Waals surface area (Å²) >= 11 is 0. The van der Waals surface area contributed by atoms with Gasteiger partial charge in [0.2, 0.25) is 0 Å². The zero-order chi connectivity index (χ0) is 40.7. The molecule has 0 radical (unpaired) electrons. The average molecular weight is 773 g/mol. The summed E-state index contributed by atoms with van der Waals surface area (Å²) in [7, 11) is 5.50. The Hall–Kier alpha value is -2.97. The van der Waals surface area contributed by atoms with E-state index in [2.05, 4.69) is 74.6 Å². The second-order valence-corrected chi connectivity index (χ2v) is 15.6. The molecule has 0 aliphatic carbocycles. The van der Waals surface area contributed by atoms with E-state index in [1.165, 1.54) is 70.6 Å². The van der Waals surface area contributed by atoms with Gasteiger partial charge in [-0.3, -0.25) is 9.59 Å². The van der Waals surface area contributed by atoms with E-state index >= 15 is 0 Å². The third kappa shape index (κ3) is 36.4. The highest BCUT2D eigenvalue weighted by molar-refractivity contribution is 5.72. The number of hydrogen-bond donors (Lipinski definition) is 1. The molecule has 8 heteroatoms. The number of hydrogen-bond acceptors (Lipinski definition) is 6. The normalized spacial score (nSPS) is 13.5. The molecule has 316 valence electrons. The Bertz CT molecular complexity index is 1090. The van der Waals surface area contributed by atoms with Crippen molar-refractivity contribution in [3.8, 4) is 0 Å². The van der Waals surface area contributed by atoms with Crippen molar-refractivity contribution >= 4 is 17.9 Å². The van der Waals surface area contributed by atoms with E-state index in [0.29, 0.717) is 19.3 Å². The molecule has 0 rings (SSSR count). The highest BCUT2D eigenvalue weighted by Gasteiger charge is 2.31. The molecule has 0 spiro atoms. The summed E-state index contributed by atoms with van der Waals surface area (Å²) in [6.07, 6.45) is 45.5. The van der Waals surface area contributed by atoms with Gasteiger partial charge in [-0.25, -0.2) is 4.79 Å². The number of rotatable bonds is 38. The van der Waals surface area contributed by atoms with Gasteiger partial charge in [0, 0.05) is 19.3 Å². The number of ether oxygens (including phenoxy) is 3. The molecule has 1 N–H and O–H groups in total. The van der Waals surface area contributed by atoms with Crippen molar-refractivity contribution in [1.82, 2.24) is 0 Å². The van der Waals surface area contributed by atoms with Gasteiger partial charge >= 0.3 is 17.9 Å². The fourth-order valence-electron chi connectivity index (χ4n) is 5.96. The van der Waals surface area contributed by atoms with Crippen LogP contribution in [0.15, 0.2) is 60.8 Å². The summed E-state index contributed by atoms with van der Waals surface area (Å²) in [5.74, 6) is -1.56. The van der Waals surface area contributed by atoms with Crippen LogP contribution in [0.1, 0.15) is 168 Å². The minimum Gasteiger partial charge on any atom is -0.477 e. The smallest absolute Gasteiger partial charge is 0.362 e. The minimum atomic E-state index is -0.886. The summed E-state index contributed by atoms with van der Waals surface area (Å²) in [6, 6.07) is -0.626. The van der Waals surface area contributed by atoms with Crippen LogP contribution in [0.2, 0.25) is 0 Å². The van der Waals surface area contributed by atoms with Gasteiger partial charge in [-0.2, -0.15) is 0 Å². The lowest BCUT2D eigenvalue weighted by atomic mass is 10.1. The van der Waals surface area contributed by atoms with Gasteiger partial charge in [0.25, 0.3) is 0 Å². The summed E-state index contributed by atoms with van der Waals surface area (Å²) in [5.41, 5.74) is 0. The SMILES string of the molecule is CCCCC/C=C/C/C=C/C/C=C/C/C=C/CCCC(=O)OCC(COCCC(C(=O)O)[N+](C)(C)C)OC(=O)CCCCC/C=C/CCCCCCCCC. The number of nitrogens with zero attached hydrogens (tertiary/aromatic N) is 1. The minimum absolute atomic E-state index is 0.0360. The van der Waals surface area contributed by atoms with E-state index in [-0.39, 0.29) is 42.7 Å². The highest BCUT2D eigenvalue weighted by Crippen LogP contribution is 2.12.